The van der Waals surface area contributed by atoms with Crippen LogP contribution in [0.3, 0.4) is 0 Å². The van der Waals surface area contributed by atoms with Gasteiger partial charge in [0.2, 0.25) is 0 Å². The molecular weight excluding hydrogens is 516 g/mol. The van der Waals surface area contributed by atoms with Gasteiger partial charge in [-0.25, -0.2) is 0 Å². The van der Waals surface area contributed by atoms with Crippen LogP contribution in [0.25, 0.3) is 56.9 Å². The fourth-order valence-electron chi connectivity index (χ4n) is 5.16. The molecule has 7 aromatic rings. The molecule has 5 aromatic carbocycles. The molecule has 0 amide bonds. The topological polar surface area (TPSA) is 61.4 Å². The van der Waals surface area contributed by atoms with Gasteiger partial charge in [-0.05, 0) is 44.2 Å². The number of benzene rings is 5. The lowest BCUT2D eigenvalue weighted by molar-refractivity contribution is 1.07. The summed E-state index contributed by atoms with van der Waals surface area (Å²) < 4.78 is 4.23. The van der Waals surface area contributed by atoms with Crippen LogP contribution in [0.4, 0.5) is 0 Å². The van der Waals surface area contributed by atoms with Gasteiger partial charge in [-0.1, -0.05) is 114 Å². The van der Waals surface area contributed by atoms with Gasteiger partial charge in [0.15, 0.2) is 23.3 Å². The van der Waals surface area contributed by atoms with E-state index >= 15 is 0 Å². The molecule has 0 fully saturated rings. The quantitative estimate of drug-likeness (QED) is 0.212. The number of aryl methyl sites for hydroxylation is 2. The third kappa shape index (κ3) is 4.69. The molecule has 0 N–H and O–H groups in total. The summed E-state index contributed by atoms with van der Waals surface area (Å²) in [5.41, 5.74) is 8.26. The first-order chi connectivity index (χ1) is 20.7. The average molecular weight is 545 g/mol. The Hall–Kier alpha value is -5.62. The molecule has 0 radical (unpaired) electrons. The van der Waals surface area contributed by atoms with Crippen LogP contribution in [-0.4, -0.2) is 29.5 Å². The van der Waals surface area contributed by atoms with Gasteiger partial charge < -0.3 is 0 Å². The van der Waals surface area contributed by atoms with E-state index in [1.165, 1.54) is 11.1 Å². The maximum atomic E-state index is 4.71. The lowest BCUT2D eigenvalue weighted by atomic mass is 10.1. The van der Waals surface area contributed by atoms with Crippen LogP contribution >= 0.6 is 0 Å². The second-order valence-corrected chi connectivity index (χ2v) is 10.3. The highest BCUT2D eigenvalue weighted by molar-refractivity contribution is 5.73. The maximum absolute atomic E-state index is 4.71. The minimum atomic E-state index is 0.753. The zero-order chi connectivity index (χ0) is 28.5. The van der Waals surface area contributed by atoms with Crippen LogP contribution in [0.5, 0.6) is 0 Å². The predicted molar refractivity (Wildman–Crippen MR) is 167 cm³/mol. The lowest BCUT2D eigenvalue weighted by Crippen LogP contribution is -2.02. The minimum absolute atomic E-state index is 0.753. The third-order valence-electron chi connectivity index (χ3n) is 7.35. The highest BCUT2D eigenvalue weighted by Gasteiger charge is 2.20. The van der Waals surface area contributed by atoms with E-state index in [1.54, 1.807) is 0 Å². The zero-order valence-corrected chi connectivity index (χ0v) is 23.4. The Morgan fingerprint density at radius 2 is 0.714 bits per heavy atom. The fraction of sp³-hybridized carbons (Fsp3) is 0.0556. The number of rotatable bonds is 6. The number of hydrogen-bond donors (Lipinski definition) is 0. The second kappa shape index (κ2) is 10.7. The van der Waals surface area contributed by atoms with Crippen LogP contribution in [0.15, 0.2) is 133 Å². The molecule has 6 heteroatoms. The van der Waals surface area contributed by atoms with E-state index in [1.807, 2.05) is 42.5 Å². The van der Waals surface area contributed by atoms with Crippen LogP contribution in [0, 0.1) is 13.8 Å². The molecule has 0 spiro atoms. The van der Waals surface area contributed by atoms with Crippen molar-refractivity contribution in [1.82, 2.24) is 29.5 Å². The van der Waals surface area contributed by atoms with Crippen molar-refractivity contribution in [3.8, 4) is 56.9 Å². The van der Waals surface area contributed by atoms with Crippen LogP contribution in [-0.2, 0) is 0 Å². The highest BCUT2D eigenvalue weighted by atomic mass is 15.3. The van der Waals surface area contributed by atoms with Crippen molar-refractivity contribution in [1.29, 1.82) is 0 Å². The van der Waals surface area contributed by atoms with Crippen molar-refractivity contribution < 1.29 is 0 Å². The molecule has 0 unspecified atom stereocenters. The van der Waals surface area contributed by atoms with E-state index in [2.05, 4.69) is 124 Å². The summed E-state index contributed by atoms with van der Waals surface area (Å²) >= 11 is 0. The molecule has 0 aliphatic heterocycles. The van der Waals surface area contributed by atoms with Gasteiger partial charge in [-0.2, -0.15) is 0 Å². The molecule has 0 saturated carbocycles. The molecule has 0 bridgehead atoms. The number of aromatic nitrogens is 6. The van der Waals surface area contributed by atoms with Crippen LogP contribution in [0.2, 0.25) is 0 Å². The molecule has 42 heavy (non-hydrogen) atoms. The van der Waals surface area contributed by atoms with Gasteiger partial charge in [0.05, 0.1) is 0 Å². The monoisotopic (exact) mass is 544 g/mol. The average Bonchev–Trinajstić information content (AvgIpc) is 3.69. The Morgan fingerprint density at radius 3 is 1.10 bits per heavy atom. The van der Waals surface area contributed by atoms with Crippen molar-refractivity contribution in [2.24, 2.45) is 0 Å². The smallest absolute Gasteiger partial charge is 0.168 e. The molecule has 0 saturated heterocycles. The van der Waals surface area contributed by atoms with Gasteiger partial charge in [-0.15, -0.1) is 20.4 Å². The zero-order valence-electron chi connectivity index (χ0n) is 23.4. The van der Waals surface area contributed by atoms with Gasteiger partial charge in [0, 0.05) is 33.6 Å². The van der Waals surface area contributed by atoms with Gasteiger partial charge in [-0.3, -0.25) is 9.13 Å². The Balaban J connectivity index is 1.39. The maximum Gasteiger partial charge on any atom is 0.168 e. The molecule has 6 nitrogen and oxygen atoms in total. The van der Waals surface area contributed by atoms with Crippen molar-refractivity contribution >= 4 is 0 Å². The SMILES string of the molecule is Cc1ccc(-c2nnc(-c3cccc(-c4nnc(-c5ccc(C)cc5)n4-c4ccccc4)c3)n2-c2ccccc2)cc1. The summed E-state index contributed by atoms with van der Waals surface area (Å²) in [7, 11) is 0. The first kappa shape index (κ1) is 25.4. The number of para-hydroxylation sites is 2. The van der Waals surface area contributed by atoms with E-state index < -0.39 is 0 Å². The Morgan fingerprint density at radius 1 is 0.357 bits per heavy atom. The summed E-state index contributed by atoms with van der Waals surface area (Å²) in [6, 6.07) is 45.5. The van der Waals surface area contributed by atoms with E-state index in [0.29, 0.717) is 0 Å². The summed E-state index contributed by atoms with van der Waals surface area (Å²) in [6.07, 6.45) is 0. The third-order valence-corrected chi connectivity index (χ3v) is 7.35. The minimum Gasteiger partial charge on any atom is -0.275 e. The molecule has 2 aromatic heterocycles. The first-order valence-electron chi connectivity index (χ1n) is 13.9. The van der Waals surface area contributed by atoms with Gasteiger partial charge in [0.25, 0.3) is 0 Å². The van der Waals surface area contributed by atoms with E-state index in [-0.39, 0.29) is 0 Å². The number of nitrogens with zero attached hydrogens (tertiary/aromatic N) is 6. The fourth-order valence-corrected chi connectivity index (χ4v) is 5.16. The Labute approximate surface area is 244 Å². The van der Waals surface area contributed by atoms with Gasteiger partial charge in [0.1, 0.15) is 0 Å². The largest absolute Gasteiger partial charge is 0.275 e. The van der Waals surface area contributed by atoms with Crippen molar-refractivity contribution in [2.75, 3.05) is 0 Å². The molecule has 202 valence electrons. The van der Waals surface area contributed by atoms with Crippen LogP contribution in [0.1, 0.15) is 11.1 Å². The Kier molecular flexibility index (Phi) is 6.49. The second-order valence-electron chi connectivity index (χ2n) is 10.3. The summed E-state index contributed by atoms with van der Waals surface area (Å²) in [6.45, 7) is 4.17. The molecule has 7 rings (SSSR count). The standard InChI is InChI=1S/C36H28N6/c1-25-16-20-27(21-17-25)33-37-39-35(41(33)31-12-5-3-6-13-31)29-10-9-11-30(24-29)36-40-38-34(28-22-18-26(2)19-23-28)42(36)32-14-7-4-8-15-32/h3-24H,1-2H3. The molecule has 0 aliphatic carbocycles. The normalized spacial score (nSPS) is 11.1. The summed E-state index contributed by atoms with van der Waals surface area (Å²) in [4.78, 5) is 0. The summed E-state index contributed by atoms with van der Waals surface area (Å²) in [5, 5.41) is 18.8. The van der Waals surface area contributed by atoms with Crippen molar-refractivity contribution in [3.05, 3.63) is 145 Å². The molecule has 2 heterocycles. The van der Waals surface area contributed by atoms with E-state index in [0.717, 1.165) is 56.9 Å². The number of hydrogen-bond acceptors (Lipinski definition) is 4. The van der Waals surface area contributed by atoms with E-state index in [9.17, 15) is 0 Å². The van der Waals surface area contributed by atoms with E-state index in [4.69, 9.17) is 10.2 Å². The molecule has 0 aliphatic rings. The highest BCUT2D eigenvalue weighted by Crippen LogP contribution is 2.33. The predicted octanol–water partition coefficient (Wildman–Crippen LogP) is 8.13. The Bertz CT molecular complexity index is 1830. The van der Waals surface area contributed by atoms with Crippen LogP contribution < -0.4 is 0 Å². The van der Waals surface area contributed by atoms with Crippen molar-refractivity contribution in [2.45, 2.75) is 13.8 Å². The van der Waals surface area contributed by atoms with Crippen molar-refractivity contribution in [3.63, 3.8) is 0 Å². The molecule has 0 atom stereocenters. The van der Waals surface area contributed by atoms with Gasteiger partial charge >= 0.3 is 0 Å². The first-order valence-corrected chi connectivity index (χ1v) is 13.9. The lowest BCUT2D eigenvalue weighted by Gasteiger charge is -2.13. The molecular formula is C36H28N6. The summed E-state index contributed by atoms with van der Waals surface area (Å²) in [5.74, 6) is 3.08.